The van der Waals surface area contributed by atoms with Gasteiger partial charge in [-0.25, -0.2) is 0 Å². The molecule has 0 saturated carbocycles. The number of ether oxygens (including phenoxy) is 1. The van der Waals surface area contributed by atoms with Gasteiger partial charge in [0, 0.05) is 44.2 Å². The maximum Gasteiger partial charge on any atom is 0.312 e. The number of pyridine rings is 3. The number of phenols is 3. The maximum absolute atomic E-state index is 13.7. The first-order chi connectivity index (χ1) is 55.8. The predicted molar refractivity (Wildman–Crippen MR) is 433 cm³/mol. The molecular formula is C85H112N14O19. The van der Waals surface area contributed by atoms with Crippen LogP contribution in [0.3, 0.4) is 0 Å². The molecule has 3 aromatic heterocycles. The largest absolute Gasteiger partial charge is 0.507 e. The van der Waals surface area contributed by atoms with E-state index in [1.165, 1.54) is 69.1 Å². The third kappa shape index (κ3) is 26.3. The second-order valence-corrected chi connectivity index (χ2v) is 31.5. The molecule has 636 valence electrons. The normalized spacial score (nSPS) is 26.4. The number of rotatable bonds is 18. The topological polar surface area (TPSA) is 498 Å². The molecule has 3 saturated heterocycles. The summed E-state index contributed by atoms with van der Waals surface area (Å²) in [6, 6.07) is 17.0. The average molecular weight is 1630 g/mol. The van der Waals surface area contributed by atoms with Crippen LogP contribution in [-0.4, -0.2) is 219 Å². The molecule has 6 aromatic rings. The Hall–Kier alpha value is -12.0. The smallest absolute Gasteiger partial charge is 0.312 e. The minimum absolute atomic E-state index is 0.00447. The van der Waals surface area contributed by atoms with E-state index in [9.17, 15) is 88.2 Å². The van der Waals surface area contributed by atoms with Crippen molar-refractivity contribution >= 4 is 70.9 Å². The van der Waals surface area contributed by atoms with Gasteiger partial charge in [-0.2, -0.15) is 0 Å². The number of amides is 11. The highest BCUT2D eigenvalue weighted by atomic mass is 16.5. The number of carbonyl (C=O) groups is 12. The number of aromatic nitrogens is 3. The molecule has 0 bridgehead atoms. The number of nitrogens with zero attached hydrogens (tertiary/aromatic N) is 4. The van der Waals surface area contributed by atoms with E-state index in [1.54, 1.807) is 131 Å². The Kier molecular flexibility index (Phi) is 34.6. The molecule has 3 aliphatic heterocycles. The first kappa shape index (κ1) is 93.2. The van der Waals surface area contributed by atoms with Gasteiger partial charge in [0.15, 0.2) is 6.10 Å². The fraction of sp³-hybridized carbons (Fsp3) is 0.471. The average Bonchev–Trinajstić information content (AvgIpc) is 0.825. The molecule has 33 nitrogen and oxygen atoms in total. The molecule has 18 atom stereocenters. The zero-order chi connectivity index (χ0) is 86.9. The van der Waals surface area contributed by atoms with Crippen molar-refractivity contribution < 1.29 is 92.9 Å². The van der Waals surface area contributed by atoms with Crippen LogP contribution in [0.25, 0.3) is 0 Å². The first-order valence-corrected chi connectivity index (χ1v) is 39.4. The lowest BCUT2D eigenvalue weighted by Gasteiger charge is -2.37. The van der Waals surface area contributed by atoms with Crippen LogP contribution in [0.2, 0.25) is 0 Å². The summed E-state index contributed by atoms with van der Waals surface area (Å²) in [5.41, 5.74) is 2.01. The molecule has 0 radical (unpaired) electrons. The van der Waals surface area contributed by atoms with Gasteiger partial charge in [0.2, 0.25) is 41.4 Å². The molecular weight excluding hydrogens is 1520 g/mol. The molecule has 3 aliphatic rings. The second-order valence-electron chi connectivity index (χ2n) is 31.5. The Balaban J connectivity index is 0.000000244. The van der Waals surface area contributed by atoms with Crippen molar-refractivity contribution in [2.75, 3.05) is 7.05 Å². The third-order valence-corrected chi connectivity index (χ3v) is 20.6. The van der Waals surface area contributed by atoms with Crippen LogP contribution in [0.5, 0.6) is 17.2 Å². The summed E-state index contributed by atoms with van der Waals surface area (Å²) >= 11 is 0. The SMILES string of the molecule is CC(C)CC1C(=O)N[C@H](C)[C@H](NC(=O)c2ccccc2O)C(=O)N[C@@H](Cc2cccnc2)[C@@H](O)[C@@H](C)C(=O)N1C.CC(C)CC1NC(=O)[C@H](C)[C@H](O)[C@H](Cc2cccnc2)NC(=O)[C@@H](NC(=O)c2ccccc2O)[C@@H](C)NC1=O.CC(C)CC1OC(=O)[C@H](C)[C@H](O)[C@H](Cc2cccnc2)NC(=O)[C@@H](NC(=O)c2ccccc2O)[C@@H](C)NC1=O. The van der Waals surface area contributed by atoms with E-state index in [0.717, 1.165) is 11.1 Å². The van der Waals surface area contributed by atoms with E-state index in [1.807, 2.05) is 41.5 Å². The standard InChI is InChI=1S/C29H39N5O6.C28H37N5O6.C28H36N4O7/c1-16(2)13-22-27(38)31-18(4)24(33-26(37)20-10-6-7-11-23(20)35)28(39)32-21(14-19-9-8-12-30-15-19)25(36)17(3)29(40)34(22)5;1-15(2)12-21-27(38)30-17(4)23(33-26(37)19-9-5-6-10-22(19)34)28(39)31-20(13-18-8-7-11-29-14-18)24(35)16(3)25(36)32-21;1-15(2)12-22-26(36)30-17(4)23(32-25(35)19-9-5-6-10-21(19)33)27(37)31-20(13-18-8-7-11-29-14-18)24(34)16(3)28(38)39-22/h6-12,15-18,21-22,24-25,35-36H,13-14H2,1-5H3,(H,31,38)(H,32,39)(H,33,37);5-11,14-17,20-21,23-24,34-35H,12-13H2,1-4H3,(H,30,38)(H,31,39)(H,32,36)(H,33,37);5-11,14-17,20,22-24,33-34H,12-13H2,1-4H3,(H,30,36)(H,31,37)(H,32,35)/t17-,18-,21+,22?,24+,25+;16-,17-,20+,21?,23+,24+;16-,17-,20+,22?,23+,24+/m111/s1. The summed E-state index contributed by atoms with van der Waals surface area (Å²) < 4.78 is 5.55. The van der Waals surface area contributed by atoms with Crippen molar-refractivity contribution in [3.63, 3.8) is 0 Å². The van der Waals surface area contributed by atoms with Crippen molar-refractivity contribution in [2.45, 2.75) is 212 Å². The molecule has 9 rings (SSSR count). The quantitative estimate of drug-likeness (QED) is 0.0550. The molecule has 3 aromatic carbocycles. The summed E-state index contributed by atoms with van der Waals surface area (Å²) in [5, 5.41) is 91.4. The van der Waals surface area contributed by atoms with Crippen molar-refractivity contribution in [1.29, 1.82) is 0 Å². The van der Waals surface area contributed by atoms with Gasteiger partial charge < -0.3 is 93.4 Å². The number of cyclic esters (lactones) is 1. The van der Waals surface area contributed by atoms with E-state index in [0.29, 0.717) is 18.4 Å². The lowest BCUT2D eigenvalue weighted by Crippen LogP contribution is -2.64. The van der Waals surface area contributed by atoms with Crippen molar-refractivity contribution in [1.82, 2.24) is 73.0 Å². The van der Waals surface area contributed by atoms with Crippen molar-refractivity contribution in [3.05, 3.63) is 180 Å². The Labute approximate surface area is 685 Å². The van der Waals surface area contributed by atoms with Gasteiger partial charge in [0.05, 0.1) is 89.0 Å². The number of esters is 1. The molecule has 0 aliphatic carbocycles. The minimum Gasteiger partial charge on any atom is -0.507 e. The fourth-order valence-electron chi connectivity index (χ4n) is 13.8. The van der Waals surface area contributed by atoms with Gasteiger partial charge in [-0.1, -0.05) is 110 Å². The molecule has 3 unspecified atom stereocenters. The zero-order valence-corrected chi connectivity index (χ0v) is 68.5. The lowest BCUT2D eigenvalue weighted by atomic mass is 9.90. The predicted octanol–water partition coefficient (Wildman–Crippen LogP) is 2.75. The number of phenolic OH excluding ortho intramolecular Hbond substituents is 3. The summed E-state index contributed by atoms with van der Waals surface area (Å²) in [6.45, 7) is 20.6. The third-order valence-electron chi connectivity index (χ3n) is 20.6. The number of likely N-dealkylation sites (N-methyl/N-ethyl adjacent to an activating group) is 1. The Morgan fingerprint density at radius 1 is 0.407 bits per heavy atom. The van der Waals surface area contributed by atoms with E-state index in [2.05, 4.69) is 68.1 Å². The number of benzene rings is 3. The van der Waals surface area contributed by atoms with E-state index in [-0.39, 0.29) is 77.4 Å². The van der Waals surface area contributed by atoms with Crippen LogP contribution in [0.15, 0.2) is 146 Å². The highest BCUT2D eigenvalue weighted by molar-refractivity contribution is 6.02. The number of hydrogen-bond acceptors (Lipinski definition) is 22. The Morgan fingerprint density at radius 2 is 0.746 bits per heavy atom. The summed E-state index contributed by atoms with van der Waals surface area (Å²) in [4.78, 5) is 173. The molecule has 118 heavy (non-hydrogen) atoms. The lowest BCUT2D eigenvalue weighted by molar-refractivity contribution is -0.165. The Morgan fingerprint density at radius 3 is 1.09 bits per heavy atom. The number of aromatic hydroxyl groups is 3. The van der Waals surface area contributed by atoms with Gasteiger partial charge in [-0.3, -0.25) is 72.5 Å². The Bertz CT molecular complexity index is 4250. The molecule has 3 fully saturated rings. The molecule has 6 heterocycles. The monoisotopic (exact) mass is 1630 g/mol. The van der Waals surface area contributed by atoms with E-state index >= 15 is 0 Å². The maximum atomic E-state index is 13.7. The van der Waals surface area contributed by atoms with Gasteiger partial charge in [-0.15, -0.1) is 0 Å². The van der Waals surface area contributed by atoms with Gasteiger partial charge >= 0.3 is 5.97 Å². The number of para-hydroxylation sites is 3. The number of aliphatic hydroxyl groups is 3. The van der Waals surface area contributed by atoms with Crippen LogP contribution >= 0.6 is 0 Å². The van der Waals surface area contributed by atoms with E-state index in [4.69, 9.17) is 4.74 Å². The molecule has 33 heteroatoms. The highest BCUT2D eigenvalue weighted by Crippen LogP contribution is 2.26. The number of hydrogen-bond donors (Lipinski definition) is 16. The van der Waals surface area contributed by atoms with Crippen molar-refractivity contribution in [2.24, 2.45) is 35.5 Å². The summed E-state index contributed by atoms with van der Waals surface area (Å²) in [5.74, 6) is -11.3. The first-order valence-electron chi connectivity index (χ1n) is 39.4. The number of carbonyl (C=O) groups excluding carboxylic acids is 12. The highest BCUT2D eigenvalue weighted by Gasteiger charge is 2.44. The summed E-state index contributed by atoms with van der Waals surface area (Å²) in [7, 11) is 1.53. The van der Waals surface area contributed by atoms with E-state index < -0.39 is 180 Å². The van der Waals surface area contributed by atoms with Gasteiger partial charge in [0.1, 0.15) is 47.5 Å². The van der Waals surface area contributed by atoms with Crippen LogP contribution in [0.1, 0.15) is 150 Å². The fourth-order valence-corrected chi connectivity index (χ4v) is 13.8. The summed E-state index contributed by atoms with van der Waals surface area (Å²) in [6.07, 6.45) is 5.74. The van der Waals surface area contributed by atoms with Crippen LogP contribution < -0.4 is 53.2 Å². The molecule has 16 N–H and O–H groups in total. The van der Waals surface area contributed by atoms with Gasteiger partial charge in [-0.05, 0) is 155 Å². The second kappa shape index (κ2) is 43.8. The zero-order valence-electron chi connectivity index (χ0n) is 68.5. The molecule has 11 amide bonds. The van der Waals surface area contributed by atoms with Gasteiger partial charge in [0.25, 0.3) is 23.6 Å². The van der Waals surface area contributed by atoms with Crippen LogP contribution in [0.4, 0.5) is 0 Å². The van der Waals surface area contributed by atoms with Crippen LogP contribution in [-0.2, 0) is 67.2 Å². The minimum atomic E-state index is -1.38. The molecule has 0 spiro atoms. The van der Waals surface area contributed by atoms with Crippen LogP contribution in [0, 0.1) is 35.5 Å². The number of aliphatic hydroxyl groups excluding tert-OH is 3. The number of nitrogens with one attached hydrogen (secondary N) is 10. The van der Waals surface area contributed by atoms with Crippen molar-refractivity contribution in [3.8, 4) is 17.2 Å².